The van der Waals surface area contributed by atoms with Crippen molar-refractivity contribution in [1.82, 2.24) is 9.80 Å². The zero-order valence-corrected chi connectivity index (χ0v) is 17.6. The molecule has 1 aliphatic heterocycles. The fourth-order valence-electron chi connectivity index (χ4n) is 7.45. The Morgan fingerprint density at radius 1 is 1.17 bits per heavy atom. The summed E-state index contributed by atoms with van der Waals surface area (Å²) in [5.74, 6) is 3.28. The van der Waals surface area contributed by atoms with Crippen LogP contribution in [0.2, 0.25) is 0 Å². The molecule has 0 aromatic heterocycles. The van der Waals surface area contributed by atoms with Crippen LogP contribution in [-0.2, 0) is 11.2 Å². The summed E-state index contributed by atoms with van der Waals surface area (Å²) >= 11 is 0. The van der Waals surface area contributed by atoms with Gasteiger partial charge in [-0.1, -0.05) is 0 Å². The molecule has 5 fully saturated rings. The van der Waals surface area contributed by atoms with Gasteiger partial charge in [-0.15, -0.1) is 0 Å². The third kappa shape index (κ3) is 3.90. The molecule has 4 saturated carbocycles. The van der Waals surface area contributed by atoms with E-state index in [1.165, 1.54) is 63.3 Å². The minimum Gasteiger partial charge on any atom is -0.398 e. The minimum atomic E-state index is -0.338. The van der Waals surface area contributed by atoms with Gasteiger partial charge >= 0.3 is 0 Å². The van der Waals surface area contributed by atoms with Crippen LogP contribution in [0.25, 0.3) is 0 Å². The Bertz CT molecular complexity index is 753. The number of amides is 1. The van der Waals surface area contributed by atoms with Gasteiger partial charge in [0, 0.05) is 37.8 Å². The van der Waals surface area contributed by atoms with Gasteiger partial charge in [-0.25, -0.2) is 4.39 Å². The first-order valence-corrected chi connectivity index (χ1v) is 11.4. The maximum atomic E-state index is 13.4. The highest BCUT2D eigenvalue weighted by Crippen LogP contribution is 2.60. The average Bonchev–Trinajstić information content (AvgIpc) is 2.59. The quantitative estimate of drug-likeness (QED) is 0.744. The molecular formula is C24H34FN3O. The molecule has 1 amide bonds. The van der Waals surface area contributed by atoms with Gasteiger partial charge in [0.25, 0.3) is 0 Å². The van der Waals surface area contributed by atoms with Crippen LogP contribution in [-0.4, -0.2) is 48.9 Å². The highest BCUT2D eigenvalue weighted by atomic mass is 19.1. The normalized spacial score (nSPS) is 33.3. The third-order valence-electron chi connectivity index (χ3n) is 8.10. The van der Waals surface area contributed by atoms with Crippen molar-refractivity contribution in [3.63, 3.8) is 0 Å². The highest BCUT2D eigenvalue weighted by Gasteiger charge is 2.51. The van der Waals surface area contributed by atoms with Crippen LogP contribution < -0.4 is 5.73 Å². The van der Waals surface area contributed by atoms with Crippen molar-refractivity contribution in [2.45, 2.75) is 44.9 Å². The Morgan fingerprint density at radius 2 is 1.79 bits per heavy atom. The predicted molar refractivity (Wildman–Crippen MR) is 113 cm³/mol. The number of nitrogens with two attached hydrogens (primary N) is 1. The van der Waals surface area contributed by atoms with Gasteiger partial charge < -0.3 is 15.5 Å². The predicted octanol–water partition coefficient (Wildman–Crippen LogP) is 3.56. The first kappa shape index (κ1) is 19.3. The number of nitrogens with zero attached hydrogens (tertiary/aromatic N) is 2. The van der Waals surface area contributed by atoms with E-state index in [2.05, 4.69) is 11.9 Å². The standard InChI is InChI=1S/C24H34FN3O/c1-27(15-24-9-16-4-17(10-24)6-18(5-16)11-24)12-19-13-28(14-19)23(29)8-20-7-21(25)2-3-22(20)26/h2-3,7,16-19H,4-6,8-15,26H2,1H3. The van der Waals surface area contributed by atoms with Gasteiger partial charge in [0.15, 0.2) is 0 Å². The van der Waals surface area contributed by atoms with Crippen molar-refractivity contribution in [3.05, 3.63) is 29.6 Å². The second-order valence-electron chi connectivity index (χ2n) is 10.8. The summed E-state index contributed by atoms with van der Waals surface area (Å²) in [6.45, 7) is 3.95. The molecule has 29 heavy (non-hydrogen) atoms. The van der Waals surface area contributed by atoms with Crippen LogP contribution in [0.5, 0.6) is 0 Å². The summed E-state index contributed by atoms with van der Waals surface area (Å²) in [5, 5.41) is 0. The molecule has 0 radical (unpaired) electrons. The minimum absolute atomic E-state index is 0.0577. The smallest absolute Gasteiger partial charge is 0.227 e. The van der Waals surface area contributed by atoms with Gasteiger partial charge in [0.05, 0.1) is 6.42 Å². The van der Waals surface area contributed by atoms with Crippen molar-refractivity contribution in [1.29, 1.82) is 0 Å². The van der Waals surface area contributed by atoms with E-state index in [4.69, 9.17) is 5.73 Å². The SMILES string of the molecule is CN(CC1CN(C(=O)Cc2cc(F)ccc2N)C1)CC12CC3CC(CC(C3)C1)C2. The number of likely N-dealkylation sites (tertiary alicyclic amines) is 1. The lowest BCUT2D eigenvalue weighted by Gasteiger charge is -2.58. The van der Waals surface area contributed by atoms with E-state index in [1.807, 2.05) is 4.90 Å². The molecular weight excluding hydrogens is 365 g/mol. The largest absolute Gasteiger partial charge is 0.398 e. The van der Waals surface area contributed by atoms with Crippen molar-refractivity contribution in [3.8, 4) is 0 Å². The lowest BCUT2D eigenvalue weighted by molar-refractivity contribution is -0.137. The molecule has 1 saturated heterocycles. The number of hydrogen-bond donors (Lipinski definition) is 1. The molecule has 1 heterocycles. The molecule has 5 aliphatic rings. The topological polar surface area (TPSA) is 49.6 Å². The fourth-order valence-corrected chi connectivity index (χ4v) is 7.45. The summed E-state index contributed by atoms with van der Waals surface area (Å²) in [6, 6.07) is 4.25. The summed E-state index contributed by atoms with van der Waals surface area (Å²) in [6.07, 6.45) is 9.05. The zero-order chi connectivity index (χ0) is 20.2. The van der Waals surface area contributed by atoms with E-state index in [0.717, 1.165) is 37.4 Å². The fraction of sp³-hybridized carbons (Fsp3) is 0.708. The van der Waals surface area contributed by atoms with Gasteiger partial charge in [0.2, 0.25) is 5.91 Å². The number of hydrogen-bond acceptors (Lipinski definition) is 3. The summed E-state index contributed by atoms with van der Waals surface area (Å²) in [5.41, 5.74) is 7.56. The lowest BCUT2D eigenvalue weighted by Crippen LogP contribution is -2.56. The van der Waals surface area contributed by atoms with E-state index >= 15 is 0 Å². The van der Waals surface area contributed by atoms with Crippen LogP contribution in [0.15, 0.2) is 18.2 Å². The van der Waals surface area contributed by atoms with Crippen LogP contribution in [0.3, 0.4) is 0 Å². The lowest BCUT2D eigenvalue weighted by atomic mass is 9.49. The molecule has 4 bridgehead atoms. The molecule has 158 valence electrons. The van der Waals surface area contributed by atoms with E-state index in [-0.39, 0.29) is 18.1 Å². The summed E-state index contributed by atoms with van der Waals surface area (Å²) < 4.78 is 13.4. The average molecular weight is 400 g/mol. The molecule has 0 atom stereocenters. The monoisotopic (exact) mass is 399 g/mol. The Morgan fingerprint density at radius 3 is 2.41 bits per heavy atom. The third-order valence-corrected chi connectivity index (χ3v) is 8.10. The first-order chi connectivity index (χ1) is 13.9. The van der Waals surface area contributed by atoms with E-state index < -0.39 is 0 Å². The Kier molecular flexibility index (Phi) is 4.84. The number of carbonyl (C=O) groups excluding carboxylic acids is 1. The molecule has 5 heteroatoms. The van der Waals surface area contributed by atoms with Gasteiger partial charge in [-0.3, -0.25) is 4.79 Å². The number of anilines is 1. The Balaban J connectivity index is 1.09. The molecule has 4 aliphatic carbocycles. The van der Waals surface area contributed by atoms with Crippen LogP contribution in [0.1, 0.15) is 44.1 Å². The Hall–Kier alpha value is -1.62. The number of halogens is 1. The molecule has 0 spiro atoms. The number of carbonyl (C=O) groups is 1. The van der Waals surface area contributed by atoms with Crippen molar-refractivity contribution in [2.75, 3.05) is 39.0 Å². The van der Waals surface area contributed by atoms with E-state index in [1.54, 1.807) is 0 Å². The molecule has 2 N–H and O–H groups in total. The summed E-state index contributed by atoms with van der Waals surface area (Å²) in [7, 11) is 2.27. The van der Waals surface area contributed by atoms with Gasteiger partial charge in [0.1, 0.15) is 5.82 Å². The molecule has 0 unspecified atom stereocenters. The second kappa shape index (κ2) is 7.26. The Labute approximate surface area is 173 Å². The van der Waals surface area contributed by atoms with Gasteiger partial charge in [-0.2, -0.15) is 0 Å². The van der Waals surface area contributed by atoms with E-state index in [9.17, 15) is 9.18 Å². The molecule has 4 nitrogen and oxygen atoms in total. The van der Waals surface area contributed by atoms with Crippen LogP contribution in [0, 0.1) is 34.9 Å². The van der Waals surface area contributed by atoms with Crippen molar-refractivity contribution < 1.29 is 9.18 Å². The number of nitrogen functional groups attached to an aromatic ring is 1. The van der Waals surface area contributed by atoms with Crippen molar-refractivity contribution in [2.24, 2.45) is 29.1 Å². The van der Waals surface area contributed by atoms with Crippen LogP contribution in [0.4, 0.5) is 10.1 Å². The second-order valence-corrected chi connectivity index (χ2v) is 10.8. The molecule has 1 aromatic carbocycles. The maximum absolute atomic E-state index is 13.4. The van der Waals surface area contributed by atoms with Crippen molar-refractivity contribution >= 4 is 11.6 Å². The first-order valence-electron chi connectivity index (χ1n) is 11.4. The van der Waals surface area contributed by atoms with Gasteiger partial charge in [-0.05, 0) is 92.5 Å². The van der Waals surface area contributed by atoms with E-state index in [0.29, 0.717) is 22.6 Å². The number of rotatable bonds is 6. The maximum Gasteiger partial charge on any atom is 0.227 e. The number of benzene rings is 1. The molecule has 6 rings (SSSR count). The molecule has 1 aromatic rings. The highest BCUT2D eigenvalue weighted by molar-refractivity contribution is 5.81. The summed E-state index contributed by atoms with van der Waals surface area (Å²) in [4.78, 5) is 17.0. The zero-order valence-electron chi connectivity index (χ0n) is 17.6. The van der Waals surface area contributed by atoms with Crippen LogP contribution >= 0.6 is 0 Å².